The third kappa shape index (κ3) is 5.81. The van der Waals surface area contributed by atoms with E-state index in [1.165, 1.54) is 12.1 Å². The maximum absolute atomic E-state index is 13.6. The first-order valence-corrected chi connectivity index (χ1v) is 13.4. The lowest BCUT2D eigenvalue weighted by Crippen LogP contribution is -2.09. The van der Waals surface area contributed by atoms with E-state index in [9.17, 15) is 8.42 Å². The number of nitrogens with zero attached hydrogens (tertiary/aromatic N) is 2. The molecule has 1 N–H and O–H groups in total. The second-order valence-corrected chi connectivity index (χ2v) is 11.3. The summed E-state index contributed by atoms with van der Waals surface area (Å²) in [5.41, 5.74) is 5.46. The SMILES string of the molecule is Cc1cc(C)c(Nc2nc(C)ccc2S(=O)(=O)c2ccc(OCc3cc(Cl)nc(Cl)c3)cc2)c(C)c1. The summed E-state index contributed by atoms with van der Waals surface area (Å²) < 4.78 is 32.9. The van der Waals surface area contributed by atoms with Crippen LogP contribution in [0.2, 0.25) is 10.3 Å². The van der Waals surface area contributed by atoms with Crippen LogP contribution in [0, 0.1) is 27.7 Å². The van der Waals surface area contributed by atoms with Gasteiger partial charge in [0, 0.05) is 11.4 Å². The number of rotatable bonds is 7. The summed E-state index contributed by atoms with van der Waals surface area (Å²) >= 11 is 11.9. The molecule has 4 rings (SSSR count). The predicted octanol–water partition coefficient (Wildman–Crippen LogP) is 7.17. The second kappa shape index (κ2) is 10.5. The summed E-state index contributed by atoms with van der Waals surface area (Å²) in [7, 11) is -3.86. The molecule has 0 spiro atoms. The monoisotopic (exact) mass is 541 g/mol. The Labute approximate surface area is 221 Å². The van der Waals surface area contributed by atoms with Gasteiger partial charge in [0.15, 0.2) is 0 Å². The fraction of sp³-hybridized carbons (Fsp3) is 0.185. The Bertz CT molecular complexity index is 1500. The van der Waals surface area contributed by atoms with Crippen LogP contribution in [0.3, 0.4) is 0 Å². The molecule has 2 aromatic carbocycles. The molecule has 0 bridgehead atoms. The molecular weight excluding hydrogens is 517 g/mol. The molecule has 6 nitrogen and oxygen atoms in total. The Morgan fingerprint density at radius 3 is 2.06 bits per heavy atom. The maximum atomic E-state index is 13.6. The van der Waals surface area contributed by atoms with E-state index >= 15 is 0 Å². The van der Waals surface area contributed by atoms with E-state index in [1.54, 1.807) is 36.4 Å². The summed E-state index contributed by atoms with van der Waals surface area (Å²) in [4.78, 5) is 8.66. The van der Waals surface area contributed by atoms with Gasteiger partial charge in [-0.25, -0.2) is 18.4 Å². The van der Waals surface area contributed by atoms with E-state index in [0.29, 0.717) is 11.4 Å². The van der Waals surface area contributed by atoms with Crippen LogP contribution in [0.25, 0.3) is 0 Å². The highest BCUT2D eigenvalue weighted by Crippen LogP contribution is 2.32. The van der Waals surface area contributed by atoms with Crippen molar-refractivity contribution in [1.29, 1.82) is 0 Å². The van der Waals surface area contributed by atoms with Gasteiger partial charge < -0.3 is 10.1 Å². The van der Waals surface area contributed by atoms with Gasteiger partial charge in [-0.05, 0) is 92.9 Å². The van der Waals surface area contributed by atoms with Crippen molar-refractivity contribution >= 4 is 44.5 Å². The highest BCUT2D eigenvalue weighted by atomic mass is 35.5. The van der Waals surface area contributed by atoms with Gasteiger partial charge in [-0.1, -0.05) is 40.9 Å². The summed E-state index contributed by atoms with van der Waals surface area (Å²) in [6, 6.07) is 16.9. The van der Waals surface area contributed by atoms with Crippen LogP contribution < -0.4 is 10.1 Å². The zero-order valence-electron chi connectivity index (χ0n) is 20.3. The van der Waals surface area contributed by atoms with Crippen LogP contribution in [0.4, 0.5) is 11.5 Å². The second-order valence-electron chi connectivity index (χ2n) is 8.58. The van der Waals surface area contributed by atoms with Crippen molar-refractivity contribution in [3.05, 3.63) is 98.9 Å². The van der Waals surface area contributed by atoms with Gasteiger partial charge in [0.25, 0.3) is 0 Å². The summed E-state index contributed by atoms with van der Waals surface area (Å²) in [6.45, 7) is 8.03. The van der Waals surface area contributed by atoms with Gasteiger partial charge in [0.05, 0.1) is 4.90 Å². The van der Waals surface area contributed by atoms with Crippen molar-refractivity contribution in [3.8, 4) is 5.75 Å². The lowest BCUT2D eigenvalue weighted by Gasteiger charge is -2.17. The first-order chi connectivity index (χ1) is 17.0. The minimum Gasteiger partial charge on any atom is -0.489 e. The van der Waals surface area contributed by atoms with Crippen molar-refractivity contribution in [2.45, 2.75) is 44.1 Å². The number of hydrogen-bond acceptors (Lipinski definition) is 6. The van der Waals surface area contributed by atoms with Crippen molar-refractivity contribution in [3.63, 3.8) is 0 Å². The Morgan fingerprint density at radius 1 is 0.833 bits per heavy atom. The zero-order chi connectivity index (χ0) is 26.0. The number of aryl methyl sites for hydroxylation is 4. The fourth-order valence-electron chi connectivity index (χ4n) is 3.95. The number of pyridine rings is 2. The molecule has 0 aliphatic heterocycles. The summed E-state index contributed by atoms with van der Waals surface area (Å²) in [6.07, 6.45) is 0. The Morgan fingerprint density at radius 2 is 1.44 bits per heavy atom. The molecule has 9 heteroatoms. The van der Waals surface area contributed by atoms with Gasteiger partial charge in [-0.3, -0.25) is 0 Å². The first kappa shape index (κ1) is 25.9. The molecule has 4 aromatic rings. The van der Waals surface area contributed by atoms with Crippen LogP contribution in [0.5, 0.6) is 5.75 Å². The molecule has 0 fully saturated rings. The number of hydrogen-bond donors (Lipinski definition) is 1. The molecule has 186 valence electrons. The average Bonchev–Trinajstić information content (AvgIpc) is 2.79. The lowest BCUT2D eigenvalue weighted by molar-refractivity contribution is 0.306. The van der Waals surface area contributed by atoms with Crippen LogP contribution in [-0.4, -0.2) is 18.4 Å². The number of sulfone groups is 1. The van der Waals surface area contributed by atoms with E-state index in [2.05, 4.69) is 15.3 Å². The van der Waals surface area contributed by atoms with E-state index in [1.807, 2.05) is 39.8 Å². The molecule has 0 saturated heterocycles. The Balaban J connectivity index is 1.60. The number of aromatic nitrogens is 2. The minimum atomic E-state index is -3.86. The van der Waals surface area contributed by atoms with Gasteiger partial charge in [-0.2, -0.15) is 0 Å². The number of benzene rings is 2. The molecule has 0 atom stereocenters. The fourth-order valence-corrected chi connectivity index (χ4v) is 5.80. The topological polar surface area (TPSA) is 81.2 Å². The Hall–Kier alpha value is -3.13. The molecule has 0 amide bonds. The van der Waals surface area contributed by atoms with Crippen molar-refractivity contribution in [2.75, 3.05) is 5.32 Å². The van der Waals surface area contributed by atoms with Gasteiger partial charge in [-0.15, -0.1) is 0 Å². The number of anilines is 2. The molecule has 0 radical (unpaired) electrons. The molecule has 0 aliphatic rings. The average molecular weight is 542 g/mol. The largest absolute Gasteiger partial charge is 0.489 e. The highest BCUT2D eigenvalue weighted by Gasteiger charge is 2.23. The smallest absolute Gasteiger partial charge is 0.210 e. The quantitative estimate of drug-likeness (QED) is 0.249. The van der Waals surface area contributed by atoms with Crippen molar-refractivity contribution in [2.24, 2.45) is 0 Å². The molecule has 2 heterocycles. The van der Waals surface area contributed by atoms with Crippen LogP contribution in [0.1, 0.15) is 27.9 Å². The van der Waals surface area contributed by atoms with E-state index in [0.717, 1.165) is 27.9 Å². The maximum Gasteiger partial charge on any atom is 0.210 e. The van der Waals surface area contributed by atoms with Crippen molar-refractivity contribution < 1.29 is 13.2 Å². The third-order valence-corrected chi connectivity index (χ3v) is 7.76. The normalized spacial score (nSPS) is 11.4. The van der Waals surface area contributed by atoms with E-state index in [4.69, 9.17) is 27.9 Å². The van der Waals surface area contributed by atoms with Crippen LogP contribution in [0.15, 0.2) is 70.5 Å². The first-order valence-electron chi connectivity index (χ1n) is 11.2. The minimum absolute atomic E-state index is 0.0993. The lowest BCUT2D eigenvalue weighted by atomic mass is 10.1. The molecular formula is C27H25Cl2N3O3S. The van der Waals surface area contributed by atoms with Gasteiger partial charge in [0.2, 0.25) is 9.84 Å². The standard InChI is InChI=1S/C27H25Cl2N3O3S/c1-16-11-17(2)26(18(3)12-16)32-27-23(10-5-19(4)30-27)36(33,34)22-8-6-21(7-9-22)35-15-20-13-24(28)31-25(29)14-20/h5-14H,15H2,1-4H3,(H,30,32). The Kier molecular flexibility index (Phi) is 7.54. The summed E-state index contributed by atoms with van der Waals surface area (Å²) in [5, 5.41) is 3.82. The van der Waals surface area contributed by atoms with Gasteiger partial charge in [0.1, 0.15) is 33.4 Å². The van der Waals surface area contributed by atoms with Crippen LogP contribution >= 0.6 is 23.2 Å². The van der Waals surface area contributed by atoms with E-state index < -0.39 is 9.84 Å². The molecule has 0 aliphatic carbocycles. The number of ether oxygens (including phenoxy) is 1. The van der Waals surface area contributed by atoms with E-state index in [-0.39, 0.29) is 32.5 Å². The molecule has 2 aromatic heterocycles. The number of nitrogens with one attached hydrogen (secondary N) is 1. The summed E-state index contributed by atoms with van der Waals surface area (Å²) in [5.74, 6) is 0.793. The van der Waals surface area contributed by atoms with Crippen molar-refractivity contribution in [1.82, 2.24) is 9.97 Å². The van der Waals surface area contributed by atoms with Crippen LogP contribution in [-0.2, 0) is 16.4 Å². The molecule has 0 saturated carbocycles. The highest BCUT2D eigenvalue weighted by molar-refractivity contribution is 7.91. The molecule has 36 heavy (non-hydrogen) atoms. The predicted molar refractivity (Wildman–Crippen MR) is 143 cm³/mol. The zero-order valence-corrected chi connectivity index (χ0v) is 22.6. The number of halogens is 2. The molecule has 0 unspecified atom stereocenters. The third-order valence-electron chi connectivity index (χ3n) is 5.57. The van der Waals surface area contributed by atoms with Gasteiger partial charge >= 0.3 is 0 Å².